The van der Waals surface area contributed by atoms with Crippen LogP contribution in [0.5, 0.6) is 0 Å². The first-order valence-corrected chi connectivity index (χ1v) is 23.8. The van der Waals surface area contributed by atoms with Gasteiger partial charge < -0.3 is 69.7 Å². The molecule has 0 aliphatic heterocycles. The highest BCUT2D eigenvalue weighted by Gasteiger charge is 2.36. The standard InChI is InChI=1S/C47H76N12O13/c1-24(2)21-35(47(71)72)57-39(63)26(5)51-40(64)28(7)59(9)46(70)27(6)52-43(67)34(23-37(50)62)56-42(66)32(18-19-36(49)61)54-41(65)31(17-13-14-20-48)55-45(69)38(25(3)4)58-44(68)33(53-29(8)60)22-30-15-11-10-12-16-30/h10-12,15-16,24-28,31-35,38H,13-14,17-23,48H2,1-9H3,(H2,49,61)(H2,50,62)(H,51,64)(H,52,67)(H,53,60)(H,54,65)(H,55,69)(H,56,66)(H,57,63)(H,58,68)(H,71,72)/t26-,27-,28-,31-,32-,33-,34-,35-,38-/m0/s1. The van der Waals surface area contributed by atoms with Crippen molar-refractivity contribution in [1.82, 2.24) is 47.4 Å². The molecule has 1 aromatic carbocycles. The van der Waals surface area contributed by atoms with Crippen LogP contribution in [0.2, 0.25) is 0 Å². The zero-order valence-corrected chi connectivity index (χ0v) is 42.6. The smallest absolute Gasteiger partial charge is 0.326 e. The van der Waals surface area contributed by atoms with Crippen LogP contribution in [0.4, 0.5) is 0 Å². The Bertz CT molecular complexity index is 2070. The summed E-state index contributed by atoms with van der Waals surface area (Å²) in [5, 5.41) is 29.3. The summed E-state index contributed by atoms with van der Waals surface area (Å²) >= 11 is 0. The number of amides is 11. The van der Waals surface area contributed by atoms with Gasteiger partial charge in [0.1, 0.15) is 54.4 Å². The van der Waals surface area contributed by atoms with Crippen molar-refractivity contribution in [2.45, 2.75) is 161 Å². The first-order chi connectivity index (χ1) is 33.6. The molecule has 0 aromatic heterocycles. The fourth-order valence-electron chi connectivity index (χ4n) is 7.06. The van der Waals surface area contributed by atoms with E-state index in [4.69, 9.17) is 17.2 Å². The van der Waals surface area contributed by atoms with Gasteiger partial charge >= 0.3 is 5.97 Å². The number of carboxylic acids is 1. The summed E-state index contributed by atoms with van der Waals surface area (Å²) in [6, 6.07) is -3.19. The topological polar surface area (TPSA) is 403 Å². The number of carboxylic acid groups (broad SMARTS) is 1. The number of hydrogen-bond donors (Lipinski definition) is 12. The summed E-state index contributed by atoms with van der Waals surface area (Å²) in [5.74, 6) is -11.2. The molecule has 0 heterocycles. The minimum absolute atomic E-state index is 0.00637. The zero-order valence-electron chi connectivity index (χ0n) is 42.6. The maximum absolute atomic E-state index is 14.0. The molecule has 15 N–H and O–H groups in total. The summed E-state index contributed by atoms with van der Waals surface area (Å²) in [6.07, 6.45) is -0.709. The second kappa shape index (κ2) is 31.2. The van der Waals surface area contributed by atoms with Crippen LogP contribution in [0.25, 0.3) is 0 Å². The van der Waals surface area contributed by atoms with E-state index in [1.807, 2.05) is 0 Å². The quantitative estimate of drug-likeness (QED) is 0.0322. The van der Waals surface area contributed by atoms with E-state index in [9.17, 15) is 62.6 Å². The van der Waals surface area contributed by atoms with Gasteiger partial charge in [-0.2, -0.15) is 0 Å². The van der Waals surface area contributed by atoms with E-state index < -0.39 is 151 Å². The highest BCUT2D eigenvalue weighted by Crippen LogP contribution is 2.11. The predicted octanol–water partition coefficient (Wildman–Crippen LogP) is -2.93. The fraction of sp³-hybridized carbons (Fsp3) is 0.617. The van der Waals surface area contributed by atoms with Crippen molar-refractivity contribution in [3.8, 4) is 0 Å². The van der Waals surface area contributed by atoms with Gasteiger partial charge in [-0.15, -0.1) is 0 Å². The molecular weight excluding hydrogens is 941 g/mol. The average Bonchev–Trinajstić information content (AvgIpc) is 3.29. The van der Waals surface area contributed by atoms with Crippen molar-refractivity contribution in [2.24, 2.45) is 29.0 Å². The maximum Gasteiger partial charge on any atom is 0.326 e. The average molecular weight is 1020 g/mol. The van der Waals surface area contributed by atoms with Crippen LogP contribution in [0.1, 0.15) is 106 Å². The van der Waals surface area contributed by atoms with Crippen LogP contribution in [0.3, 0.4) is 0 Å². The van der Waals surface area contributed by atoms with Gasteiger partial charge in [0.25, 0.3) is 0 Å². The SMILES string of the molecule is CC(=O)N[C@@H](Cc1ccccc1)C(=O)N[C@H](C(=O)N[C@@H](CCCCN)C(=O)N[C@@H](CCC(N)=O)C(=O)N[C@@H](CC(N)=O)C(=O)N[C@@H](C)C(=O)N(C)[C@@H](C)C(=O)N[C@@H](C)C(=O)N[C@@H](CC(C)C)C(=O)O)C(C)C. The number of benzene rings is 1. The minimum atomic E-state index is -1.76. The largest absolute Gasteiger partial charge is 0.480 e. The van der Waals surface area contributed by atoms with Crippen molar-refractivity contribution < 1.29 is 62.6 Å². The molecule has 72 heavy (non-hydrogen) atoms. The zero-order chi connectivity index (χ0) is 55.0. The van der Waals surface area contributed by atoms with Gasteiger partial charge in [-0.25, -0.2) is 4.79 Å². The predicted molar refractivity (Wildman–Crippen MR) is 262 cm³/mol. The Morgan fingerprint density at radius 3 is 1.60 bits per heavy atom. The number of aliphatic carboxylic acids is 1. The molecule has 0 saturated carbocycles. The molecular formula is C47H76N12O13. The number of rotatable bonds is 32. The number of nitrogens with zero attached hydrogens (tertiary/aromatic N) is 1. The molecule has 25 heteroatoms. The number of primary amides is 2. The molecule has 9 atom stereocenters. The van der Waals surface area contributed by atoms with Crippen molar-refractivity contribution in [3.05, 3.63) is 35.9 Å². The first-order valence-electron chi connectivity index (χ1n) is 23.8. The summed E-state index contributed by atoms with van der Waals surface area (Å²) in [5.41, 5.74) is 17.2. The van der Waals surface area contributed by atoms with Crippen molar-refractivity contribution in [3.63, 3.8) is 0 Å². The summed E-state index contributed by atoms with van der Waals surface area (Å²) in [7, 11) is 1.24. The molecule has 0 aliphatic carbocycles. The van der Waals surface area contributed by atoms with Gasteiger partial charge in [-0.05, 0) is 76.8 Å². The molecule has 0 unspecified atom stereocenters. The first kappa shape index (κ1) is 62.8. The van der Waals surface area contributed by atoms with Crippen LogP contribution in [-0.2, 0) is 64.0 Å². The molecule has 0 radical (unpaired) electrons. The van der Waals surface area contributed by atoms with Gasteiger partial charge in [0, 0.05) is 26.8 Å². The van der Waals surface area contributed by atoms with Gasteiger partial charge in [-0.3, -0.25) is 52.7 Å². The fourth-order valence-corrected chi connectivity index (χ4v) is 7.06. The normalized spacial score (nSPS) is 14.8. The molecule has 0 spiro atoms. The lowest BCUT2D eigenvalue weighted by Crippen LogP contribution is -2.61. The van der Waals surface area contributed by atoms with E-state index in [1.54, 1.807) is 58.0 Å². The molecule has 0 fully saturated rings. The van der Waals surface area contributed by atoms with Crippen LogP contribution < -0.4 is 59.7 Å². The van der Waals surface area contributed by atoms with Gasteiger partial charge in [0.15, 0.2) is 0 Å². The molecule has 1 aromatic rings. The van der Waals surface area contributed by atoms with Crippen molar-refractivity contribution in [1.29, 1.82) is 0 Å². The molecule has 0 bridgehead atoms. The van der Waals surface area contributed by atoms with Crippen LogP contribution in [-0.4, -0.2) is 149 Å². The highest BCUT2D eigenvalue weighted by molar-refractivity contribution is 5.99. The second-order valence-electron chi connectivity index (χ2n) is 18.4. The monoisotopic (exact) mass is 1020 g/mol. The van der Waals surface area contributed by atoms with Gasteiger partial charge in [0.05, 0.1) is 6.42 Å². The Hall–Kier alpha value is -7.18. The Morgan fingerprint density at radius 2 is 1.08 bits per heavy atom. The van der Waals surface area contributed by atoms with Crippen molar-refractivity contribution >= 4 is 70.9 Å². The van der Waals surface area contributed by atoms with E-state index in [1.165, 1.54) is 34.7 Å². The molecule has 0 saturated heterocycles. The number of likely N-dealkylation sites (N-methyl/N-ethyl adjacent to an activating group) is 1. The summed E-state index contributed by atoms with van der Waals surface area (Å²) in [6.45, 7) is 12.2. The lowest BCUT2D eigenvalue weighted by Gasteiger charge is -2.29. The Balaban J connectivity index is 3.28. The van der Waals surface area contributed by atoms with Gasteiger partial charge in [-0.1, -0.05) is 58.0 Å². The molecule has 11 amide bonds. The summed E-state index contributed by atoms with van der Waals surface area (Å²) in [4.78, 5) is 157. The van der Waals surface area contributed by atoms with Crippen LogP contribution in [0.15, 0.2) is 30.3 Å². The third kappa shape index (κ3) is 22.7. The summed E-state index contributed by atoms with van der Waals surface area (Å²) < 4.78 is 0. The number of unbranched alkanes of at least 4 members (excludes halogenated alkanes) is 1. The third-order valence-corrected chi connectivity index (χ3v) is 11.3. The van der Waals surface area contributed by atoms with E-state index in [2.05, 4.69) is 42.5 Å². The third-order valence-electron chi connectivity index (χ3n) is 11.3. The van der Waals surface area contributed by atoms with E-state index in [-0.39, 0.29) is 31.7 Å². The molecule has 1 rings (SSSR count). The van der Waals surface area contributed by atoms with Gasteiger partial charge in [0.2, 0.25) is 65.0 Å². The van der Waals surface area contributed by atoms with E-state index in [0.717, 1.165) is 10.5 Å². The highest BCUT2D eigenvalue weighted by atomic mass is 16.4. The minimum Gasteiger partial charge on any atom is -0.480 e. The number of carbonyl (C=O) groups is 12. The number of nitrogens with two attached hydrogens (primary N) is 3. The molecule has 25 nitrogen and oxygen atoms in total. The Kier molecular flexibility index (Phi) is 27.2. The van der Waals surface area contributed by atoms with Crippen LogP contribution >= 0.6 is 0 Å². The second-order valence-corrected chi connectivity index (χ2v) is 18.4. The van der Waals surface area contributed by atoms with Crippen molar-refractivity contribution in [2.75, 3.05) is 13.6 Å². The van der Waals surface area contributed by atoms with E-state index in [0.29, 0.717) is 12.8 Å². The lowest BCUT2D eigenvalue weighted by atomic mass is 9.99. The number of nitrogens with one attached hydrogen (secondary N) is 8. The van der Waals surface area contributed by atoms with Crippen LogP contribution in [0, 0.1) is 11.8 Å². The number of carbonyl (C=O) groups excluding carboxylic acids is 11. The molecule has 0 aliphatic rings. The number of hydrogen-bond acceptors (Lipinski definition) is 13. The van der Waals surface area contributed by atoms with E-state index >= 15 is 0 Å². The maximum atomic E-state index is 14.0. The lowest BCUT2D eigenvalue weighted by molar-refractivity contribution is -0.143. The Labute approximate surface area is 419 Å². The molecule has 402 valence electrons. The Morgan fingerprint density at radius 1 is 0.569 bits per heavy atom.